The summed E-state index contributed by atoms with van der Waals surface area (Å²) in [5, 5.41) is 8.26. The predicted octanol–water partition coefficient (Wildman–Crippen LogP) is 2.55. The van der Waals surface area contributed by atoms with Crippen LogP contribution in [0, 0.1) is 6.92 Å². The minimum atomic E-state index is -1.15. The third-order valence-electron chi connectivity index (χ3n) is 1.64. The molecular formula is C10H9FO2. The normalized spacial score (nSPS) is 11.4. The Kier molecular flexibility index (Phi) is 2.80. The molecule has 68 valence electrons. The molecule has 0 saturated carbocycles. The molecule has 0 atom stereocenters. The van der Waals surface area contributed by atoms with Crippen LogP contribution in [0.25, 0.3) is 0 Å². The highest BCUT2D eigenvalue weighted by molar-refractivity contribution is 6.06. The Hall–Kier alpha value is -1.64. The van der Waals surface area contributed by atoms with Crippen LogP contribution < -0.4 is 0 Å². The zero-order chi connectivity index (χ0) is 9.84. The number of Topliss-reactive ketones (excluding diaryl/α,β-unsaturated/α-hetero) is 1. The molecular weight excluding hydrogens is 171 g/mol. The van der Waals surface area contributed by atoms with E-state index < -0.39 is 11.6 Å². The maximum atomic E-state index is 12.6. The number of aliphatic hydroxyl groups is 1. The average molecular weight is 180 g/mol. The molecule has 0 heterocycles. The van der Waals surface area contributed by atoms with Crippen molar-refractivity contribution in [2.24, 2.45) is 0 Å². The van der Waals surface area contributed by atoms with Crippen LogP contribution in [-0.4, -0.2) is 10.9 Å². The minimum Gasteiger partial charge on any atom is -0.512 e. The maximum Gasteiger partial charge on any atom is 0.224 e. The van der Waals surface area contributed by atoms with Crippen LogP contribution in [0.4, 0.5) is 4.39 Å². The van der Waals surface area contributed by atoms with Gasteiger partial charge in [0.15, 0.2) is 0 Å². The molecule has 0 fully saturated rings. The van der Waals surface area contributed by atoms with Crippen LogP contribution in [0.15, 0.2) is 36.4 Å². The van der Waals surface area contributed by atoms with Crippen LogP contribution in [0.1, 0.15) is 15.9 Å². The van der Waals surface area contributed by atoms with Gasteiger partial charge in [0.25, 0.3) is 0 Å². The summed E-state index contributed by atoms with van der Waals surface area (Å²) >= 11 is 0. The van der Waals surface area contributed by atoms with E-state index in [0.717, 1.165) is 5.56 Å². The topological polar surface area (TPSA) is 37.3 Å². The van der Waals surface area contributed by atoms with Crippen LogP contribution in [0.5, 0.6) is 0 Å². The number of aryl methyl sites for hydroxylation is 1. The molecule has 0 aliphatic carbocycles. The number of benzene rings is 1. The number of allylic oxidation sites excluding steroid dienone is 1. The van der Waals surface area contributed by atoms with Crippen LogP contribution in [0.2, 0.25) is 0 Å². The van der Waals surface area contributed by atoms with Gasteiger partial charge in [-0.15, -0.1) is 0 Å². The van der Waals surface area contributed by atoms with Gasteiger partial charge in [0.05, 0.1) is 0 Å². The molecule has 1 aromatic rings. The van der Waals surface area contributed by atoms with Crippen LogP contribution in [0.3, 0.4) is 0 Å². The van der Waals surface area contributed by atoms with Crippen molar-refractivity contribution in [3.8, 4) is 0 Å². The molecule has 0 saturated heterocycles. The van der Waals surface area contributed by atoms with Crippen molar-refractivity contribution in [1.82, 2.24) is 0 Å². The van der Waals surface area contributed by atoms with Gasteiger partial charge in [-0.05, 0) is 6.92 Å². The summed E-state index contributed by atoms with van der Waals surface area (Å²) in [6.45, 7) is 1.87. The lowest BCUT2D eigenvalue weighted by atomic mass is 10.1. The van der Waals surface area contributed by atoms with Crippen molar-refractivity contribution < 1.29 is 14.3 Å². The van der Waals surface area contributed by atoms with E-state index in [1.165, 1.54) is 12.1 Å². The molecule has 1 N–H and O–H groups in total. The van der Waals surface area contributed by atoms with E-state index in [1.807, 2.05) is 6.92 Å². The van der Waals surface area contributed by atoms with Gasteiger partial charge in [0, 0.05) is 5.56 Å². The first-order chi connectivity index (χ1) is 6.15. The Morgan fingerprint density at radius 1 is 1.38 bits per heavy atom. The van der Waals surface area contributed by atoms with E-state index in [2.05, 4.69) is 0 Å². The summed E-state index contributed by atoms with van der Waals surface area (Å²) in [6.07, 6.45) is 0.169. The molecule has 2 nitrogen and oxygen atoms in total. The Balaban J connectivity index is 2.97. The maximum absolute atomic E-state index is 12.6. The summed E-state index contributed by atoms with van der Waals surface area (Å²) in [5.74, 6) is -1.95. The fraction of sp³-hybridized carbons (Fsp3) is 0.100. The summed E-state index contributed by atoms with van der Waals surface area (Å²) in [5.41, 5.74) is 1.22. The van der Waals surface area contributed by atoms with E-state index in [-0.39, 0.29) is 11.8 Å². The molecule has 0 aliphatic heterocycles. The second-order valence-corrected chi connectivity index (χ2v) is 2.67. The van der Waals surface area contributed by atoms with Crippen LogP contribution in [-0.2, 0) is 0 Å². The second kappa shape index (κ2) is 3.85. The average Bonchev–Trinajstić information content (AvgIpc) is 2.17. The number of ketones is 1. The molecule has 0 unspecified atom stereocenters. The first kappa shape index (κ1) is 9.45. The molecule has 0 aliphatic rings. The predicted molar refractivity (Wildman–Crippen MR) is 47.3 cm³/mol. The highest BCUT2D eigenvalue weighted by Gasteiger charge is 2.10. The lowest BCUT2D eigenvalue weighted by Crippen LogP contribution is -1.99. The molecule has 13 heavy (non-hydrogen) atoms. The van der Waals surface area contributed by atoms with Crippen molar-refractivity contribution in [2.45, 2.75) is 6.92 Å². The van der Waals surface area contributed by atoms with Gasteiger partial charge in [-0.25, -0.2) is 0 Å². The quantitative estimate of drug-likeness (QED) is 0.431. The first-order valence-electron chi connectivity index (χ1n) is 3.76. The molecule has 0 spiro atoms. The lowest BCUT2D eigenvalue weighted by Gasteiger charge is -1.97. The molecule has 1 rings (SSSR count). The Morgan fingerprint density at radius 3 is 2.38 bits per heavy atom. The molecule has 3 heteroatoms. The second-order valence-electron chi connectivity index (χ2n) is 2.67. The highest BCUT2D eigenvalue weighted by Crippen LogP contribution is 2.09. The molecule has 0 amide bonds. The van der Waals surface area contributed by atoms with Crippen molar-refractivity contribution in [3.63, 3.8) is 0 Å². The Labute approximate surface area is 75.3 Å². The number of hydrogen-bond donors (Lipinski definition) is 1. The third-order valence-corrected chi connectivity index (χ3v) is 1.64. The third kappa shape index (κ3) is 2.15. The van der Waals surface area contributed by atoms with Crippen molar-refractivity contribution >= 4 is 5.78 Å². The van der Waals surface area contributed by atoms with Crippen molar-refractivity contribution in [2.75, 3.05) is 0 Å². The Morgan fingerprint density at radius 2 is 1.92 bits per heavy atom. The van der Waals surface area contributed by atoms with Gasteiger partial charge in [-0.3, -0.25) is 4.79 Å². The van der Waals surface area contributed by atoms with E-state index in [4.69, 9.17) is 5.11 Å². The number of hydrogen-bond acceptors (Lipinski definition) is 2. The molecule has 0 aromatic heterocycles. The standard InChI is InChI=1S/C10H9FO2/c1-7-2-4-8(5-3-7)10(13)9(11)6-12/h2-6,12H,1H3/b9-6-. The summed E-state index contributed by atoms with van der Waals surface area (Å²) in [7, 11) is 0. The van der Waals surface area contributed by atoms with E-state index in [1.54, 1.807) is 12.1 Å². The number of carbonyl (C=O) groups excluding carboxylic acids is 1. The summed E-state index contributed by atoms with van der Waals surface area (Å²) in [6, 6.07) is 6.44. The van der Waals surface area contributed by atoms with Gasteiger partial charge >= 0.3 is 0 Å². The summed E-state index contributed by atoms with van der Waals surface area (Å²) in [4.78, 5) is 11.1. The van der Waals surface area contributed by atoms with Gasteiger partial charge < -0.3 is 5.11 Å². The fourth-order valence-corrected chi connectivity index (χ4v) is 0.901. The van der Waals surface area contributed by atoms with E-state index >= 15 is 0 Å². The molecule has 0 radical (unpaired) electrons. The zero-order valence-electron chi connectivity index (χ0n) is 7.12. The van der Waals surface area contributed by atoms with Gasteiger partial charge in [-0.1, -0.05) is 29.8 Å². The monoisotopic (exact) mass is 180 g/mol. The number of rotatable bonds is 2. The number of carbonyl (C=O) groups is 1. The van der Waals surface area contributed by atoms with Gasteiger partial charge in [-0.2, -0.15) is 4.39 Å². The van der Waals surface area contributed by atoms with Crippen molar-refractivity contribution in [3.05, 3.63) is 47.5 Å². The largest absolute Gasteiger partial charge is 0.512 e. The van der Waals surface area contributed by atoms with Gasteiger partial charge in [0.2, 0.25) is 11.6 Å². The smallest absolute Gasteiger partial charge is 0.224 e. The summed E-state index contributed by atoms with van der Waals surface area (Å²) < 4.78 is 12.6. The molecule has 1 aromatic carbocycles. The minimum absolute atomic E-state index is 0.169. The van der Waals surface area contributed by atoms with E-state index in [9.17, 15) is 9.18 Å². The lowest BCUT2D eigenvalue weighted by molar-refractivity contribution is 0.1000. The van der Waals surface area contributed by atoms with Gasteiger partial charge in [0.1, 0.15) is 6.26 Å². The molecule has 0 bridgehead atoms. The van der Waals surface area contributed by atoms with E-state index in [0.29, 0.717) is 0 Å². The number of aliphatic hydroxyl groups excluding tert-OH is 1. The zero-order valence-corrected chi connectivity index (χ0v) is 7.12. The van der Waals surface area contributed by atoms with Crippen LogP contribution >= 0.6 is 0 Å². The number of halogens is 1. The first-order valence-corrected chi connectivity index (χ1v) is 3.76. The highest BCUT2D eigenvalue weighted by atomic mass is 19.1. The van der Waals surface area contributed by atoms with Crippen molar-refractivity contribution in [1.29, 1.82) is 0 Å². The fourth-order valence-electron chi connectivity index (χ4n) is 0.901. The Bertz CT molecular complexity index is 338. The SMILES string of the molecule is Cc1ccc(C(=O)/C(F)=C/O)cc1.